The lowest BCUT2D eigenvalue weighted by Gasteiger charge is -2.37. The predicted molar refractivity (Wildman–Crippen MR) is 102 cm³/mol. The smallest absolute Gasteiger partial charge is 0.0947 e. The fourth-order valence-electron chi connectivity index (χ4n) is 3.26. The third-order valence-corrected chi connectivity index (χ3v) is 5.04. The van der Waals surface area contributed by atoms with E-state index in [2.05, 4.69) is 18.2 Å². The van der Waals surface area contributed by atoms with Gasteiger partial charge in [-0.05, 0) is 0 Å². The van der Waals surface area contributed by atoms with Gasteiger partial charge in [0.25, 0.3) is 0 Å². The molecule has 2 unspecified atom stereocenters. The normalized spacial score (nSPS) is 21.4. The van der Waals surface area contributed by atoms with Crippen LogP contribution in [0.1, 0.15) is 0 Å². The molecule has 0 amide bonds. The minimum Gasteiger partial charge on any atom is -0.395 e. The van der Waals surface area contributed by atoms with Gasteiger partial charge in [-0.3, -0.25) is 19.6 Å². The Morgan fingerprint density at radius 3 is 1.29 bits per heavy atom. The largest absolute Gasteiger partial charge is 0.395 e. The zero-order valence-corrected chi connectivity index (χ0v) is 16.3. The fraction of sp³-hybridized carbons (Fsp3) is 0.833. The number of hydrogen-bond acceptors (Lipinski definition) is 10. The molecule has 1 heterocycles. The summed E-state index contributed by atoms with van der Waals surface area (Å²) >= 11 is 0. The van der Waals surface area contributed by atoms with Crippen molar-refractivity contribution < 1.29 is 15.3 Å². The van der Waals surface area contributed by atoms with Crippen LogP contribution in [-0.2, 0) is 0 Å². The second kappa shape index (κ2) is 14.2. The lowest BCUT2D eigenvalue weighted by atomic mass is 10.1. The lowest BCUT2D eigenvalue weighted by molar-refractivity contribution is -0.0189. The average Bonchev–Trinajstić information content (AvgIpc) is 2.69. The first-order valence-corrected chi connectivity index (χ1v) is 9.51. The molecule has 1 aliphatic rings. The van der Waals surface area contributed by atoms with Crippen molar-refractivity contribution in [1.82, 2.24) is 19.6 Å². The summed E-state index contributed by atoms with van der Waals surface area (Å²) in [7, 11) is 0. The van der Waals surface area contributed by atoms with Crippen molar-refractivity contribution in [3.05, 3.63) is 0 Å². The summed E-state index contributed by atoms with van der Waals surface area (Å²) in [5.74, 6) is 0. The maximum atomic E-state index is 10.1. The molecule has 28 heavy (non-hydrogen) atoms. The van der Waals surface area contributed by atoms with E-state index in [4.69, 9.17) is 15.8 Å². The predicted octanol–water partition coefficient (Wildman–Crippen LogP) is -2.51. The van der Waals surface area contributed by atoms with Gasteiger partial charge in [0.2, 0.25) is 0 Å². The SMILES string of the molecule is N#CCN1CCN(CC#N)CCN(C(CO)C(O)CO)CCN(CC#N)CC1. The van der Waals surface area contributed by atoms with E-state index in [0.29, 0.717) is 58.9 Å². The van der Waals surface area contributed by atoms with Crippen LogP contribution in [0.25, 0.3) is 0 Å². The molecule has 10 heteroatoms. The third kappa shape index (κ3) is 8.47. The number of nitrogens with zero attached hydrogens (tertiary/aromatic N) is 7. The highest BCUT2D eigenvalue weighted by atomic mass is 16.3. The quantitative estimate of drug-likeness (QED) is 0.397. The molecule has 0 aromatic heterocycles. The van der Waals surface area contributed by atoms with Crippen LogP contribution in [0.4, 0.5) is 0 Å². The highest BCUT2D eigenvalue weighted by molar-refractivity contribution is 4.86. The molecule has 1 aliphatic heterocycles. The molecule has 2 atom stereocenters. The standard InChI is InChI=1S/C18H31N7O3/c19-1-4-22-7-9-23(5-2-20)11-13-25(17(15-26)18(28)16-27)14-12-24(6-3-21)10-8-22/h17-18,26-28H,4-16H2. The van der Waals surface area contributed by atoms with Crippen LogP contribution >= 0.6 is 0 Å². The molecule has 10 nitrogen and oxygen atoms in total. The molecule has 0 saturated carbocycles. The maximum Gasteiger partial charge on any atom is 0.0947 e. The Bertz CT molecular complexity index is 525. The van der Waals surface area contributed by atoms with Crippen molar-refractivity contribution in [2.45, 2.75) is 12.1 Å². The van der Waals surface area contributed by atoms with E-state index in [1.807, 2.05) is 19.6 Å². The maximum absolute atomic E-state index is 10.1. The topological polar surface area (TPSA) is 145 Å². The number of aliphatic hydroxyl groups is 3. The van der Waals surface area contributed by atoms with Crippen LogP contribution in [0.15, 0.2) is 0 Å². The monoisotopic (exact) mass is 393 g/mol. The van der Waals surface area contributed by atoms with Gasteiger partial charge in [0.15, 0.2) is 0 Å². The van der Waals surface area contributed by atoms with E-state index in [0.717, 1.165) is 0 Å². The average molecular weight is 393 g/mol. The first-order valence-electron chi connectivity index (χ1n) is 9.51. The van der Waals surface area contributed by atoms with Gasteiger partial charge in [-0.1, -0.05) is 0 Å². The van der Waals surface area contributed by atoms with Gasteiger partial charge in [-0.25, -0.2) is 0 Å². The van der Waals surface area contributed by atoms with Gasteiger partial charge in [0.1, 0.15) is 0 Å². The van der Waals surface area contributed by atoms with Crippen molar-refractivity contribution in [2.24, 2.45) is 0 Å². The van der Waals surface area contributed by atoms with E-state index in [1.54, 1.807) is 0 Å². The van der Waals surface area contributed by atoms with E-state index in [-0.39, 0.29) is 19.7 Å². The zero-order chi connectivity index (χ0) is 20.8. The summed E-state index contributed by atoms with van der Waals surface area (Å²) in [5.41, 5.74) is 0. The first-order chi connectivity index (χ1) is 13.6. The minimum atomic E-state index is -1.07. The Hall–Kier alpha value is -1.81. The van der Waals surface area contributed by atoms with Crippen molar-refractivity contribution in [3.8, 4) is 18.2 Å². The lowest BCUT2D eigenvalue weighted by Crippen LogP contribution is -2.53. The summed E-state index contributed by atoms with van der Waals surface area (Å²) in [5, 5.41) is 56.3. The second-order valence-corrected chi connectivity index (χ2v) is 6.84. The molecule has 1 saturated heterocycles. The van der Waals surface area contributed by atoms with Crippen molar-refractivity contribution in [3.63, 3.8) is 0 Å². The van der Waals surface area contributed by atoms with Crippen molar-refractivity contribution in [1.29, 1.82) is 15.8 Å². The van der Waals surface area contributed by atoms with Crippen molar-refractivity contribution >= 4 is 0 Å². The van der Waals surface area contributed by atoms with E-state index < -0.39 is 18.8 Å². The minimum absolute atomic E-state index is 0.251. The highest BCUT2D eigenvalue weighted by Crippen LogP contribution is 2.07. The van der Waals surface area contributed by atoms with Gasteiger partial charge in [-0.2, -0.15) is 15.8 Å². The second-order valence-electron chi connectivity index (χ2n) is 6.84. The van der Waals surface area contributed by atoms with Crippen LogP contribution in [0.2, 0.25) is 0 Å². The molecular weight excluding hydrogens is 362 g/mol. The third-order valence-electron chi connectivity index (χ3n) is 5.04. The summed E-state index contributed by atoms with van der Waals surface area (Å²) in [6.45, 7) is 4.68. The van der Waals surface area contributed by atoms with E-state index in [9.17, 15) is 15.3 Å². The van der Waals surface area contributed by atoms with E-state index in [1.165, 1.54) is 0 Å². The van der Waals surface area contributed by atoms with Crippen LogP contribution < -0.4 is 0 Å². The Morgan fingerprint density at radius 1 is 0.643 bits per heavy atom. The Kier molecular flexibility index (Phi) is 12.3. The zero-order valence-electron chi connectivity index (χ0n) is 16.3. The summed E-state index contributed by atoms with van der Waals surface area (Å²) < 4.78 is 0. The van der Waals surface area contributed by atoms with Gasteiger partial charge >= 0.3 is 0 Å². The number of rotatable bonds is 7. The molecule has 0 radical (unpaired) electrons. The molecule has 3 N–H and O–H groups in total. The van der Waals surface area contributed by atoms with Gasteiger partial charge in [-0.15, -0.1) is 0 Å². The Labute approximate surface area is 167 Å². The summed E-state index contributed by atoms with van der Waals surface area (Å²) in [6.07, 6.45) is -1.07. The molecule has 156 valence electrons. The number of nitriles is 3. The first kappa shape index (κ1) is 24.2. The molecule has 0 bridgehead atoms. The van der Waals surface area contributed by atoms with Crippen LogP contribution in [-0.4, -0.2) is 132 Å². The molecule has 0 aromatic rings. The number of aliphatic hydroxyl groups excluding tert-OH is 3. The molecule has 0 aliphatic carbocycles. The number of hydrogen-bond donors (Lipinski definition) is 3. The van der Waals surface area contributed by atoms with Gasteiger partial charge in [0.05, 0.1) is 63.2 Å². The van der Waals surface area contributed by atoms with Gasteiger partial charge in [0, 0.05) is 52.4 Å². The molecule has 1 rings (SSSR count). The molecule has 0 spiro atoms. The van der Waals surface area contributed by atoms with Crippen molar-refractivity contribution in [2.75, 3.05) is 85.2 Å². The fourth-order valence-corrected chi connectivity index (χ4v) is 3.26. The Balaban J connectivity index is 2.95. The van der Waals surface area contributed by atoms with Crippen LogP contribution in [0, 0.1) is 34.0 Å². The summed E-state index contributed by atoms with van der Waals surface area (Å²) in [4.78, 5) is 7.88. The molecule has 0 aromatic carbocycles. The van der Waals surface area contributed by atoms with Crippen LogP contribution in [0.5, 0.6) is 0 Å². The van der Waals surface area contributed by atoms with Crippen LogP contribution in [0.3, 0.4) is 0 Å². The molecule has 1 fully saturated rings. The van der Waals surface area contributed by atoms with Gasteiger partial charge < -0.3 is 15.3 Å². The molecular formula is C18H31N7O3. The van der Waals surface area contributed by atoms with E-state index >= 15 is 0 Å². The Morgan fingerprint density at radius 2 is 1.00 bits per heavy atom. The highest BCUT2D eigenvalue weighted by Gasteiger charge is 2.26. The summed E-state index contributed by atoms with van der Waals surface area (Å²) in [6, 6.07) is 5.85.